The predicted octanol–water partition coefficient (Wildman–Crippen LogP) is 0.585. The number of hydrogen-bond donors (Lipinski definition) is 5. The summed E-state index contributed by atoms with van der Waals surface area (Å²) in [6, 6.07) is 2.14. The van der Waals surface area contributed by atoms with Crippen LogP contribution in [0.3, 0.4) is 0 Å². The zero-order valence-corrected chi connectivity index (χ0v) is 14.5. The summed E-state index contributed by atoms with van der Waals surface area (Å²) in [7, 11) is 0. The Balaban J connectivity index is 1.85. The van der Waals surface area contributed by atoms with E-state index in [-0.39, 0.29) is 24.6 Å². The number of rotatable bonds is 8. The van der Waals surface area contributed by atoms with E-state index in [0.29, 0.717) is 17.6 Å². The zero-order valence-electron chi connectivity index (χ0n) is 14.5. The van der Waals surface area contributed by atoms with Crippen LogP contribution < -0.4 is 16.3 Å². The molecule has 0 bridgehead atoms. The average Bonchev–Trinajstić information content (AvgIpc) is 2.91. The number of aromatic nitrogens is 3. The van der Waals surface area contributed by atoms with Crippen LogP contribution >= 0.6 is 0 Å². The Hall–Kier alpha value is -3.17. The molecule has 0 aromatic carbocycles. The fourth-order valence-corrected chi connectivity index (χ4v) is 2.38. The van der Waals surface area contributed by atoms with Gasteiger partial charge in [-0.05, 0) is 24.5 Å². The fraction of sp³-hybridized carbons (Fsp3) is 0.438. The minimum atomic E-state index is -1.10. The number of anilines is 1. The summed E-state index contributed by atoms with van der Waals surface area (Å²) in [5.41, 5.74) is 0.419. The van der Waals surface area contributed by atoms with Gasteiger partial charge in [0.1, 0.15) is 11.9 Å². The number of imidazole rings is 1. The lowest BCUT2D eigenvalue weighted by molar-refractivity contribution is -0.142. The van der Waals surface area contributed by atoms with Gasteiger partial charge >= 0.3 is 11.7 Å². The summed E-state index contributed by atoms with van der Waals surface area (Å²) in [6.07, 6.45) is 0.0479. The normalized spacial score (nSPS) is 12.1. The number of amides is 2. The lowest BCUT2D eigenvalue weighted by Crippen LogP contribution is -2.41. The zero-order chi connectivity index (χ0) is 19.3. The van der Waals surface area contributed by atoms with Crippen molar-refractivity contribution in [3.05, 3.63) is 22.6 Å². The largest absolute Gasteiger partial charge is 0.480 e. The Morgan fingerprint density at radius 3 is 2.50 bits per heavy atom. The van der Waals surface area contributed by atoms with Gasteiger partial charge in [0.05, 0.1) is 5.52 Å². The molecule has 2 amide bonds. The third kappa shape index (κ3) is 5.43. The molecule has 2 aromatic heterocycles. The number of fused-ring (bicyclic) bond motifs is 1. The van der Waals surface area contributed by atoms with E-state index >= 15 is 0 Å². The van der Waals surface area contributed by atoms with E-state index in [1.807, 2.05) is 13.8 Å². The molecule has 10 heteroatoms. The summed E-state index contributed by atoms with van der Waals surface area (Å²) in [5, 5.41) is 14.0. The van der Waals surface area contributed by atoms with Gasteiger partial charge in [0, 0.05) is 12.8 Å². The number of aliphatic carboxylic acids is 1. The Kier molecular flexibility index (Phi) is 6.10. The summed E-state index contributed by atoms with van der Waals surface area (Å²) in [6.45, 7) is 3.72. The van der Waals surface area contributed by atoms with Crippen molar-refractivity contribution < 1.29 is 19.5 Å². The van der Waals surface area contributed by atoms with Gasteiger partial charge in [0.2, 0.25) is 11.8 Å². The van der Waals surface area contributed by atoms with E-state index < -0.39 is 29.5 Å². The number of carbonyl (C=O) groups is 3. The van der Waals surface area contributed by atoms with E-state index in [0.717, 1.165) is 0 Å². The van der Waals surface area contributed by atoms with Crippen LogP contribution in [-0.4, -0.2) is 43.9 Å². The minimum Gasteiger partial charge on any atom is -0.480 e. The van der Waals surface area contributed by atoms with Crippen LogP contribution in [0.2, 0.25) is 0 Å². The molecule has 5 N–H and O–H groups in total. The number of hydrogen-bond acceptors (Lipinski definition) is 5. The van der Waals surface area contributed by atoms with Crippen LogP contribution in [0.5, 0.6) is 0 Å². The van der Waals surface area contributed by atoms with Crippen molar-refractivity contribution >= 4 is 34.8 Å². The Morgan fingerprint density at radius 1 is 1.15 bits per heavy atom. The molecule has 1 atom stereocenters. The first kappa shape index (κ1) is 19.2. The van der Waals surface area contributed by atoms with Gasteiger partial charge in [-0.15, -0.1) is 0 Å². The molecule has 0 radical (unpaired) electrons. The lowest BCUT2D eigenvalue weighted by atomic mass is 10.0. The number of aromatic amines is 2. The summed E-state index contributed by atoms with van der Waals surface area (Å²) in [5.74, 6) is -1.70. The first-order valence-electron chi connectivity index (χ1n) is 8.15. The third-order valence-corrected chi connectivity index (χ3v) is 3.56. The highest BCUT2D eigenvalue weighted by Gasteiger charge is 2.21. The topological polar surface area (TPSA) is 157 Å². The molecule has 2 aromatic rings. The number of carbonyl (C=O) groups excluding carboxylic acids is 2. The van der Waals surface area contributed by atoms with Gasteiger partial charge in [-0.1, -0.05) is 13.8 Å². The number of nitrogens with zero attached hydrogens (tertiary/aromatic N) is 1. The maximum absolute atomic E-state index is 11.9. The molecule has 2 rings (SSSR count). The van der Waals surface area contributed by atoms with Gasteiger partial charge in [0.25, 0.3) is 0 Å². The Bertz CT molecular complexity index is 869. The van der Waals surface area contributed by atoms with Crippen molar-refractivity contribution in [3.8, 4) is 0 Å². The molecule has 0 saturated heterocycles. The number of pyridine rings is 1. The number of carboxylic acid groups (broad SMARTS) is 1. The summed E-state index contributed by atoms with van der Waals surface area (Å²) < 4.78 is 0. The van der Waals surface area contributed by atoms with Gasteiger partial charge in [-0.2, -0.15) is 0 Å². The number of carboxylic acids is 1. The fourth-order valence-electron chi connectivity index (χ4n) is 2.38. The highest BCUT2D eigenvalue weighted by Crippen LogP contribution is 2.10. The molecular weight excluding hydrogens is 342 g/mol. The second-order valence-corrected chi connectivity index (χ2v) is 6.31. The highest BCUT2D eigenvalue weighted by molar-refractivity contribution is 5.93. The molecule has 2 heterocycles. The predicted molar refractivity (Wildman–Crippen MR) is 93.6 cm³/mol. The van der Waals surface area contributed by atoms with Crippen LogP contribution in [0.25, 0.3) is 11.2 Å². The molecule has 0 saturated carbocycles. The molecule has 0 fully saturated rings. The van der Waals surface area contributed by atoms with E-state index in [4.69, 9.17) is 5.11 Å². The van der Waals surface area contributed by atoms with Crippen molar-refractivity contribution in [2.45, 2.75) is 39.2 Å². The molecule has 0 spiro atoms. The maximum Gasteiger partial charge on any atom is 0.326 e. The quantitative estimate of drug-likeness (QED) is 0.462. The smallest absolute Gasteiger partial charge is 0.326 e. The van der Waals surface area contributed by atoms with E-state index in [1.165, 1.54) is 6.07 Å². The van der Waals surface area contributed by atoms with Crippen LogP contribution in [0, 0.1) is 5.92 Å². The van der Waals surface area contributed by atoms with Crippen LogP contribution in [0.1, 0.15) is 33.1 Å². The van der Waals surface area contributed by atoms with Crippen LogP contribution in [0.15, 0.2) is 16.9 Å². The Labute approximate surface area is 148 Å². The molecule has 0 unspecified atom stereocenters. The standard InChI is InChI=1S/C16H21N5O5/c1-8(2)7-10(15(24)25)17-12(22)5-6-13(23)19-11-4-3-9-14(20-11)21-16(26)18-9/h3-4,8,10H,5-7H2,1-2H3,(H,17,22)(H,24,25)(H3,18,19,20,21,23,26)/t10-/m1/s1. The molecule has 140 valence electrons. The second-order valence-electron chi connectivity index (χ2n) is 6.31. The average molecular weight is 363 g/mol. The first-order chi connectivity index (χ1) is 12.2. The van der Waals surface area contributed by atoms with Crippen molar-refractivity contribution in [3.63, 3.8) is 0 Å². The van der Waals surface area contributed by atoms with E-state index in [9.17, 15) is 19.2 Å². The van der Waals surface area contributed by atoms with Gasteiger partial charge in [0.15, 0.2) is 5.65 Å². The monoisotopic (exact) mass is 363 g/mol. The Morgan fingerprint density at radius 2 is 1.85 bits per heavy atom. The molecular formula is C16H21N5O5. The van der Waals surface area contributed by atoms with E-state index in [1.54, 1.807) is 6.07 Å². The van der Waals surface area contributed by atoms with Crippen molar-refractivity contribution in [2.24, 2.45) is 5.92 Å². The maximum atomic E-state index is 11.9. The molecule has 26 heavy (non-hydrogen) atoms. The first-order valence-corrected chi connectivity index (χ1v) is 8.15. The SMILES string of the molecule is CC(C)C[C@@H](NC(=O)CCC(=O)Nc1ccc2[nH]c(=O)[nH]c2n1)C(=O)O. The van der Waals surface area contributed by atoms with Crippen molar-refractivity contribution in [1.29, 1.82) is 0 Å². The summed E-state index contributed by atoms with van der Waals surface area (Å²) in [4.78, 5) is 55.2. The molecule has 10 nitrogen and oxygen atoms in total. The van der Waals surface area contributed by atoms with E-state index in [2.05, 4.69) is 25.6 Å². The highest BCUT2D eigenvalue weighted by atomic mass is 16.4. The third-order valence-electron chi connectivity index (χ3n) is 3.56. The summed E-state index contributed by atoms with van der Waals surface area (Å²) >= 11 is 0. The van der Waals surface area contributed by atoms with Crippen molar-refractivity contribution in [1.82, 2.24) is 20.3 Å². The molecule has 0 aliphatic carbocycles. The minimum absolute atomic E-state index is 0.112. The van der Waals surface area contributed by atoms with Gasteiger partial charge in [-0.25, -0.2) is 14.6 Å². The van der Waals surface area contributed by atoms with Crippen molar-refractivity contribution in [2.75, 3.05) is 5.32 Å². The van der Waals surface area contributed by atoms with Gasteiger partial charge < -0.3 is 20.7 Å². The molecule has 0 aliphatic heterocycles. The lowest BCUT2D eigenvalue weighted by Gasteiger charge is -2.16. The second kappa shape index (κ2) is 8.28. The van der Waals surface area contributed by atoms with Gasteiger partial charge in [-0.3, -0.25) is 14.6 Å². The van der Waals surface area contributed by atoms with Crippen LogP contribution in [-0.2, 0) is 14.4 Å². The van der Waals surface area contributed by atoms with Crippen LogP contribution in [0.4, 0.5) is 5.82 Å². The molecule has 0 aliphatic rings. The number of H-pyrrole nitrogens is 2. The number of nitrogens with one attached hydrogen (secondary N) is 4.